The van der Waals surface area contributed by atoms with Gasteiger partial charge in [-0.05, 0) is 60.1 Å². The average Bonchev–Trinajstić information content (AvgIpc) is 2.93. The summed E-state index contributed by atoms with van der Waals surface area (Å²) in [6.07, 6.45) is 7.52. The summed E-state index contributed by atoms with van der Waals surface area (Å²) in [6, 6.07) is 25.8. The third kappa shape index (κ3) is 9.66. The number of rotatable bonds is 16. The standard InChI is InChI=1S/C32H38O5S/c1-37-29(33)23-25-17-13-20-27(22-25)38-31(30(34)32(35)36)28-21-12-11-19-26(28)18-10-5-3-2-4-7-14-24-15-8-6-9-16-24/h6,8-9,11-13,15-17,19-22,30-31,34H,2-5,7,10,14,18,23H2,1H3,(H,35,36)/t30-,31-/m1/s1. The van der Waals surface area contributed by atoms with Gasteiger partial charge in [0.1, 0.15) is 0 Å². The molecule has 0 aliphatic heterocycles. The van der Waals surface area contributed by atoms with Crippen LogP contribution in [0.25, 0.3) is 0 Å². The van der Waals surface area contributed by atoms with Crippen LogP contribution in [0, 0.1) is 0 Å². The zero-order valence-corrected chi connectivity index (χ0v) is 22.9. The van der Waals surface area contributed by atoms with Crippen LogP contribution in [0.1, 0.15) is 66.0 Å². The van der Waals surface area contributed by atoms with Crippen molar-refractivity contribution in [2.75, 3.05) is 7.11 Å². The Morgan fingerprint density at radius 3 is 2.13 bits per heavy atom. The summed E-state index contributed by atoms with van der Waals surface area (Å²) >= 11 is 1.31. The monoisotopic (exact) mass is 534 g/mol. The molecule has 3 rings (SSSR count). The van der Waals surface area contributed by atoms with Crippen molar-refractivity contribution in [1.82, 2.24) is 0 Å². The Kier molecular flexibility index (Phi) is 12.4. The summed E-state index contributed by atoms with van der Waals surface area (Å²) in [5.74, 6) is -1.59. The lowest BCUT2D eigenvalue weighted by Crippen LogP contribution is -2.26. The molecule has 0 spiro atoms. The first-order valence-corrected chi connectivity index (χ1v) is 14.2. The van der Waals surface area contributed by atoms with Gasteiger partial charge in [-0.15, -0.1) is 11.8 Å². The van der Waals surface area contributed by atoms with Gasteiger partial charge in [-0.25, -0.2) is 4.79 Å². The number of carbonyl (C=O) groups is 2. The number of hydrogen-bond donors (Lipinski definition) is 2. The molecule has 0 aliphatic rings. The average molecular weight is 535 g/mol. The number of carboxylic acids is 1. The number of unbranched alkanes of at least 4 members (excludes halogenated alkanes) is 5. The van der Waals surface area contributed by atoms with Gasteiger partial charge >= 0.3 is 11.9 Å². The fraction of sp³-hybridized carbons (Fsp3) is 0.375. The molecule has 0 heterocycles. The summed E-state index contributed by atoms with van der Waals surface area (Å²) in [7, 11) is 1.35. The van der Waals surface area contributed by atoms with Crippen LogP contribution >= 0.6 is 11.8 Å². The van der Waals surface area contributed by atoms with E-state index in [0.29, 0.717) is 0 Å². The number of thioether (sulfide) groups is 1. The van der Waals surface area contributed by atoms with Crippen molar-refractivity contribution in [3.63, 3.8) is 0 Å². The summed E-state index contributed by atoms with van der Waals surface area (Å²) < 4.78 is 4.76. The molecule has 0 aromatic heterocycles. The SMILES string of the molecule is COC(=O)Cc1cccc(S[C@H](c2ccccc2CCCCCCCCc2ccccc2)[C@@H](O)C(=O)O)c1. The van der Waals surface area contributed by atoms with E-state index in [0.717, 1.165) is 47.3 Å². The van der Waals surface area contributed by atoms with E-state index < -0.39 is 17.3 Å². The molecule has 2 N–H and O–H groups in total. The van der Waals surface area contributed by atoms with Gasteiger partial charge in [-0.1, -0.05) is 92.4 Å². The molecular weight excluding hydrogens is 496 g/mol. The van der Waals surface area contributed by atoms with E-state index in [1.165, 1.54) is 50.1 Å². The van der Waals surface area contributed by atoms with Crippen molar-refractivity contribution < 1.29 is 24.5 Å². The molecule has 202 valence electrons. The van der Waals surface area contributed by atoms with E-state index in [4.69, 9.17) is 4.74 Å². The number of methoxy groups -OCH3 is 1. The molecule has 3 aromatic carbocycles. The van der Waals surface area contributed by atoms with Crippen molar-refractivity contribution >= 4 is 23.7 Å². The molecule has 0 saturated carbocycles. The number of aliphatic carboxylic acids is 1. The Bertz CT molecular complexity index is 1150. The van der Waals surface area contributed by atoms with Crippen LogP contribution in [0.2, 0.25) is 0 Å². The number of hydrogen-bond acceptors (Lipinski definition) is 5. The fourth-order valence-corrected chi connectivity index (χ4v) is 5.85. The first-order chi connectivity index (χ1) is 18.5. The van der Waals surface area contributed by atoms with E-state index in [2.05, 4.69) is 30.3 Å². The van der Waals surface area contributed by atoms with E-state index in [1.807, 2.05) is 48.5 Å². The molecule has 3 aromatic rings. The van der Waals surface area contributed by atoms with Gasteiger partial charge in [-0.2, -0.15) is 0 Å². The second kappa shape index (κ2) is 16.0. The van der Waals surface area contributed by atoms with Crippen molar-refractivity contribution in [1.29, 1.82) is 0 Å². The maximum atomic E-state index is 11.8. The van der Waals surface area contributed by atoms with Gasteiger partial charge in [0.25, 0.3) is 0 Å². The van der Waals surface area contributed by atoms with Crippen LogP contribution in [-0.4, -0.2) is 35.4 Å². The number of carboxylic acid groups (broad SMARTS) is 1. The topological polar surface area (TPSA) is 83.8 Å². The van der Waals surface area contributed by atoms with Crippen LogP contribution in [0.4, 0.5) is 0 Å². The Morgan fingerprint density at radius 1 is 0.789 bits per heavy atom. The van der Waals surface area contributed by atoms with Crippen molar-refractivity contribution in [2.45, 2.75) is 74.0 Å². The minimum absolute atomic E-state index is 0.139. The maximum Gasteiger partial charge on any atom is 0.334 e. The van der Waals surface area contributed by atoms with Crippen LogP contribution < -0.4 is 0 Å². The second-order valence-electron chi connectivity index (χ2n) is 9.53. The summed E-state index contributed by atoms with van der Waals surface area (Å²) in [5.41, 5.74) is 4.09. The molecule has 38 heavy (non-hydrogen) atoms. The predicted octanol–water partition coefficient (Wildman–Crippen LogP) is 6.81. The predicted molar refractivity (Wildman–Crippen MR) is 152 cm³/mol. The third-order valence-corrected chi connectivity index (χ3v) is 7.94. The fourth-order valence-electron chi connectivity index (χ4n) is 4.58. The Balaban J connectivity index is 1.57. The van der Waals surface area contributed by atoms with E-state index in [9.17, 15) is 19.8 Å². The molecule has 0 fully saturated rings. The lowest BCUT2D eigenvalue weighted by atomic mass is 9.96. The summed E-state index contributed by atoms with van der Waals surface area (Å²) in [5, 5.41) is 19.6. The van der Waals surface area contributed by atoms with Crippen LogP contribution in [0.3, 0.4) is 0 Å². The largest absolute Gasteiger partial charge is 0.479 e. The minimum atomic E-state index is -1.56. The molecule has 5 nitrogen and oxygen atoms in total. The van der Waals surface area contributed by atoms with Crippen molar-refractivity contribution in [3.05, 3.63) is 101 Å². The van der Waals surface area contributed by atoms with Crippen molar-refractivity contribution in [2.24, 2.45) is 0 Å². The highest BCUT2D eigenvalue weighted by Crippen LogP contribution is 2.40. The second-order valence-corrected chi connectivity index (χ2v) is 10.7. The first-order valence-electron chi connectivity index (χ1n) is 13.3. The molecule has 0 amide bonds. The number of aliphatic hydroxyl groups excluding tert-OH is 1. The number of ether oxygens (including phenoxy) is 1. The first kappa shape index (κ1) is 29.5. The number of esters is 1. The Labute approximate surface area is 230 Å². The molecule has 0 bridgehead atoms. The van der Waals surface area contributed by atoms with Gasteiger partial charge < -0.3 is 14.9 Å². The number of aryl methyl sites for hydroxylation is 2. The van der Waals surface area contributed by atoms with Gasteiger partial charge in [0, 0.05) is 4.90 Å². The van der Waals surface area contributed by atoms with Gasteiger partial charge in [0.15, 0.2) is 6.10 Å². The molecule has 0 saturated heterocycles. The van der Waals surface area contributed by atoms with Crippen LogP contribution in [0.15, 0.2) is 83.8 Å². The Hall–Kier alpha value is -3.09. The molecule has 0 aliphatic carbocycles. The molecule has 0 radical (unpaired) electrons. The van der Waals surface area contributed by atoms with E-state index in [-0.39, 0.29) is 12.4 Å². The minimum Gasteiger partial charge on any atom is -0.479 e. The van der Waals surface area contributed by atoms with Gasteiger partial charge in [-0.3, -0.25) is 4.79 Å². The number of aliphatic hydroxyl groups is 1. The molecule has 0 unspecified atom stereocenters. The highest BCUT2D eigenvalue weighted by molar-refractivity contribution is 7.99. The van der Waals surface area contributed by atoms with Crippen LogP contribution in [-0.2, 0) is 33.6 Å². The molecule has 2 atom stereocenters. The summed E-state index contributed by atoms with van der Waals surface area (Å²) in [6.45, 7) is 0. The number of benzene rings is 3. The smallest absolute Gasteiger partial charge is 0.334 e. The third-order valence-electron chi connectivity index (χ3n) is 6.64. The van der Waals surface area contributed by atoms with E-state index in [1.54, 1.807) is 0 Å². The Morgan fingerprint density at radius 2 is 1.42 bits per heavy atom. The maximum absolute atomic E-state index is 11.8. The summed E-state index contributed by atoms with van der Waals surface area (Å²) in [4.78, 5) is 24.3. The quantitative estimate of drug-likeness (QED) is 0.119. The highest BCUT2D eigenvalue weighted by Gasteiger charge is 2.30. The lowest BCUT2D eigenvalue weighted by molar-refractivity contribution is -0.146. The van der Waals surface area contributed by atoms with Crippen LogP contribution in [0.5, 0.6) is 0 Å². The highest BCUT2D eigenvalue weighted by atomic mass is 32.2. The zero-order valence-electron chi connectivity index (χ0n) is 22.1. The lowest BCUT2D eigenvalue weighted by Gasteiger charge is -2.23. The van der Waals surface area contributed by atoms with E-state index >= 15 is 0 Å². The molecular formula is C32H38O5S. The van der Waals surface area contributed by atoms with Crippen molar-refractivity contribution in [3.8, 4) is 0 Å². The zero-order chi connectivity index (χ0) is 27.2. The number of carbonyl (C=O) groups excluding carboxylic acids is 1. The van der Waals surface area contributed by atoms with Gasteiger partial charge in [0.2, 0.25) is 0 Å². The molecule has 6 heteroatoms. The van der Waals surface area contributed by atoms with Gasteiger partial charge in [0.05, 0.1) is 18.8 Å². The normalized spacial score (nSPS) is 12.6.